The summed E-state index contributed by atoms with van der Waals surface area (Å²) < 4.78 is 0. The van der Waals surface area contributed by atoms with Crippen molar-refractivity contribution in [2.75, 3.05) is 0 Å². The summed E-state index contributed by atoms with van der Waals surface area (Å²) in [5.41, 5.74) is 15.8. The maximum Gasteiger partial charge on any atom is -0.000740 e. The first-order valence-corrected chi connectivity index (χ1v) is 31.6. The van der Waals surface area contributed by atoms with Crippen molar-refractivity contribution in [3.8, 4) is 22.3 Å². The van der Waals surface area contributed by atoms with E-state index < -0.39 is 0 Å². The predicted molar refractivity (Wildman–Crippen MR) is 376 cm³/mol. The quantitative estimate of drug-likeness (QED) is 0.120. The molecule has 0 amide bonds. The van der Waals surface area contributed by atoms with E-state index in [9.17, 15) is 0 Å². The van der Waals surface area contributed by atoms with Gasteiger partial charge in [0.25, 0.3) is 0 Å². The summed E-state index contributed by atoms with van der Waals surface area (Å²) in [6, 6.07) is 51.1. The highest BCUT2D eigenvalue weighted by molar-refractivity contribution is 6.47. The summed E-state index contributed by atoms with van der Waals surface area (Å²) in [4.78, 5) is 0. The lowest BCUT2D eigenvalue weighted by atomic mass is 9.76. The largest absolute Gasteiger partial charge is 0.0561 e. The van der Waals surface area contributed by atoms with Crippen LogP contribution in [0.1, 0.15) is 211 Å². The minimum absolute atomic E-state index is 0.0339. The van der Waals surface area contributed by atoms with Gasteiger partial charge < -0.3 is 0 Å². The average Bonchev–Trinajstić information content (AvgIpc) is 1.45. The lowest BCUT2D eigenvalue weighted by Gasteiger charge is -2.28. The first-order valence-electron chi connectivity index (χ1n) is 31.6. The Kier molecular flexibility index (Phi) is 11.7. The molecule has 0 aliphatic heterocycles. The lowest BCUT2D eigenvalue weighted by molar-refractivity contribution is 0.568. The number of rotatable bonds is 2. The Morgan fingerprint density at radius 1 is 0.167 bits per heavy atom. The molecule has 0 N–H and O–H groups in total. The number of hydrogen-bond acceptors (Lipinski definition) is 0. The van der Waals surface area contributed by atoms with E-state index in [0.29, 0.717) is 0 Å². The highest BCUT2D eigenvalue weighted by Gasteiger charge is 2.33. The maximum atomic E-state index is 2.68. The van der Waals surface area contributed by atoms with Gasteiger partial charge in [-0.2, -0.15) is 0 Å². The minimum Gasteiger partial charge on any atom is -0.0561 e. The standard InChI is InChI=1S/C84H92/c1-77(2,3)49-33-47(34-50(37-49)78(4,5)6)71-67-43-61-62(66-42-56(84(22,23)24)32-46-31-55(83(19,20)21)41-65(61)70(46)66)44-68(67)72(48-35-51(79(7,8)9)38-52(36-48)80(10,11)12)76-60-28-26-58-64-40-54(82(16,17)18)30-45-29-53(81(13,14)15)39-63(69(45)64)57-25-27-59(75(71)76)74(60)73(57)58/h25-44H,1-24H3. The molecule has 13 rings (SSSR count). The molecule has 0 radical (unpaired) electrons. The van der Waals surface area contributed by atoms with Crippen LogP contribution in [-0.2, 0) is 43.3 Å². The molecule has 0 saturated heterocycles. The molecule has 13 aromatic rings. The van der Waals surface area contributed by atoms with Crippen molar-refractivity contribution < 1.29 is 0 Å². The fourth-order valence-electron chi connectivity index (χ4n) is 14.4. The van der Waals surface area contributed by atoms with Crippen molar-refractivity contribution in [1.29, 1.82) is 0 Å². The van der Waals surface area contributed by atoms with Gasteiger partial charge in [-0.05, 0) is 254 Å². The predicted octanol–water partition coefficient (Wildman–Crippen LogP) is 25.2. The van der Waals surface area contributed by atoms with Gasteiger partial charge in [0.1, 0.15) is 0 Å². The zero-order valence-corrected chi connectivity index (χ0v) is 55.5. The van der Waals surface area contributed by atoms with E-state index in [-0.39, 0.29) is 43.3 Å². The van der Waals surface area contributed by atoms with Crippen molar-refractivity contribution in [2.45, 2.75) is 209 Å². The van der Waals surface area contributed by atoms with Crippen LogP contribution in [0.2, 0.25) is 0 Å². The molecule has 0 unspecified atom stereocenters. The molecule has 0 aromatic heterocycles. The molecular weight excluding hydrogens is 1010 g/mol. The number of hydrogen-bond donors (Lipinski definition) is 0. The van der Waals surface area contributed by atoms with Crippen LogP contribution < -0.4 is 0 Å². The molecule has 0 aliphatic carbocycles. The van der Waals surface area contributed by atoms with E-state index in [1.54, 1.807) is 0 Å². The molecule has 13 aromatic carbocycles. The maximum absolute atomic E-state index is 2.68. The zero-order chi connectivity index (χ0) is 60.6. The summed E-state index contributed by atoms with van der Waals surface area (Å²) in [5, 5.41) is 27.1. The van der Waals surface area contributed by atoms with Gasteiger partial charge in [-0.15, -0.1) is 0 Å². The van der Waals surface area contributed by atoms with Crippen LogP contribution in [0.25, 0.3) is 130 Å². The smallest absolute Gasteiger partial charge is 0.000740 e. The lowest BCUT2D eigenvalue weighted by Crippen LogP contribution is -2.16. The van der Waals surface area contributed by atoms with Gasteiger partial charge >= 0.3 is 0 Å². The van der Waals surface area contributed by atoms with E-state index in [4.69, 9.17) is 0 Å². The van der Waals surface area contributed by atoms with E-state index in [1.165, 1.54) is 174 Å². The van der Waals surface area contributed by atoms with Gasteiger partial charge in [-0.25, -0.2) is 0 Å². The molecule has 0 fully saturated rings. The second kappa shape index (κ2) is 17.5. The summed E-state index contributed by atoms with van der Waals surface area (Å²) in [5.74, 6) is 0. The minimum atomic E-state index is -0.0889. The van der Waals surface area contributed by atoms with Crippen molar-refractivity contribution in [3.05, 3.63) is 166 Å². The van der Waals surface area contributed by atoms with Crippen LogP contribution in [-0.4, -0.2) is 0 Å². The van der Waals surface area contributed by atoms with Crippen molar-refractivity contribution in [2.24, 2.45) is 0 Å². The Hall–Kier alpha value is -6.76. The summed E-state index contributed by atoms with van der Waals surface area (Å²) in [6.45, 7) is 57.3. The number of fused-ring (bicyclic) bond motifs is 9. The van der Waals surface area contributed by atoms with Crippen LogP contribution in [0.4, 0.5) is 0 Å². The normalized spacial score (nSPS) is 14.2. The molecule has 84 heavy (non-hydrogen) atoms. The topological polar surface area (TPSA) is 0 Å². The number of benzene rings is 11. The van der Waals surface area contributed by atoms with Crippen LogP contribution in [0, 0.1) is 0 Å². The third-order valence-electron chi connectivity index (χ3n) is 19.8. The monoisotopic (exact) mass is 1100 g/mol. The van der Waals surface area contributed by atoms with Gasteiger partial charge in [0, 0.05) is 0 Å². The van der Waals surface area contributed by atoms with Crippen LogP contribution >= 0.6 is 0 Å². The molecule has 0 spiro atoms. The van der Waals surface area contributed by atoms with Crippen molar-refractivity contribution >= 4 is 108 Å². The van der Waals surface area contributed by atoms with Crippen molar-refractivity contribution in [1.82, 2.24) is 0 Å². The molecular formula is C84H92. The molecule has 0 atom stereocenters. The zero-order valence-electron chi connectivity index (χ0n) is 55.5. The average molecular weight is 1100 g/mol. The molecule has 0 heteroatoms. The second-order valence-corrected chi connectivity index (χ2v) is 34.4. The van der Waals surface area contributed by atoms with E-state index in [2.05, 4.69) is 287 Å². The Morgan fingerprint density at radius 2 is 0.393 bits per heavy atom. The van der Waals surface area contributed by atoms with Crippen LogP contribution in [0.15, 0.2) is 121 Å². The van der Waals surface area contributed by atoms with E-state index in [0.717, 1.165) is 0 Å². The Labute approximate surface area is 502 Å². The first kappa shape index (κ1) is 56.4. The summed E-state index contributed by atoms with van der Waals surface area (Å²) >= 11 is 0. The Bertz CT molecular complexity index is 4540. The Balaban J connectivity index is 1.36. The molecule has 428 valence electrons. The van der Waals surface area contributed by atoms with Gasteiger partial charge in [0.05, 0.1) is 0 Å². The first-order chi connectivity index (χ1) is 38.7. The fraction of sp³-hybridized carbons (Fsp3) is 0.381. The van der Waals surface area contributed by atoms with Gasteiger partial charge in [0.15, 0.2) is 0 Å². The third kappa shape index (κ3) is 8.63. The van der Waals surface area contributed by atoms with Gasteiger partial charge in [-0.3, -0.25) is 0 Å². The summed E-state index contributed by atoms with van der Waals surface area (Å²) in [7, 11) is 0. The van der Waals surface area contributed by atoms with Gasteiger partial charge in [0.2, 0.25) is 0 Å². The second-order valence-electron chi connectivity index (χ2n) is 34.4. The van der Waals surface area contributed by atoms with E-state index in [1.807, 2.05) is 0 Å². The Morgan fingerprint density at radius 3 is 0.655 bits per heavy atom. The molecule has 0 nitrogen and oxygen atoms in total. The van der Waals surface area contributed by atoms with Crippen molar-refractivity contribution in [3.63, 3.8) is 0 Å². The summed E-state index contributed by atoms with van der Waals surface area (Å²) in [6.07, 6.45) is 0. The molecule has 0 heterocycles. The van der Waals surface area contributed by atoms with E-state index >= 15 is 0 Å². The molecule has 0 bridgehead atoms. The fourth-order valence-corrected chi connectivity index (χ4v) is 14.4. The molecule has 0 aliphatic rings. The van der Waals surface area contributed by atoms with Crippen LogP contribution in [0.3, 0.4) is 0 Å². The highest BCUT2D eigenvalue weighted by Crippen LogP contribution is 2.57. The SMILES string of the molecule is CC(C)(C)c1cc(-c2c3cc4c(cc3c(-c3cc(C(C)(C)C)cc(C(C)(C)C)c3)c3c5ccc6c7cc(C(C)(C)C)cc8cc(C(C)(C)C)cc(c9ccc(c23)c5c96)c87)c2cc(C(C)(C)C)cc3cc(C(C)(C)C)cc4c32)cc(C(C)(C)C)c1. The third-order valence-corrected chi connectivity index (χ3v) is 19.8. The molecule has 0 saturated carbocycles. The van der Waals surface area contributed by atoms with Crippen LogP contribution in [0.5, 0.6) is 0 Å². The van der Waals surface area contributed by atoms with Gasteiger partial charge in [-0.1, -0.05) is 251 Å². The highest BCUT2D eigenvalue weighted by atomic mass is 14.4.